The second-order valence-corrected chi connectivity index (χ2v) is 5.41. The minimum Gasteiger partial charge on any atom is -0.508 e. The van der Waals surface area contributed by atoms with E-state index in [2.05, 4.69) is 18.0 Å². The highest BCUT2D eigenvalue weighted by molar-refractivity contribution is 5.44. The number of benzene rings is 1. The van der Waals surface area contributed by atoms with Crippen molar-refractivity contribution >= 4 is 0 Å². The van der Waals surface area contributed by atoms with E-state index in [0.29, 0.717) is 17.8 Å². The first-order chi connectivity index (χ1) is 8.77. The van der Waals surface area contributed by atoms with Crippen molar-refractivity contribution in [2.24, 2.45) is 0 Å². The molecule has 1 N–H and O–H groups in total. The molecule has 0 spiro atoms. The van der Waals surface area contributed by atoms with Crippen LogP contribution in [0.2, 0.25) is 0 Å². The normalized spacial score (nSPS) is 24.4. The molecule has 0 amide bonds. The number of nitrogens with zero attached hydrogens (tertiary/aromatic N) is 1. The zero-order chi connectivity index (χ0) is 12.5. The first kappa shape index (κ1) is 12.0. The van der Waals surface area contributed by atoms with E-state index in [1.807, 2.05) is 6.07 Å². The van der Waals surface area contributed by atoms with Crippen LogP contribution in [-0.4, -0.2) is 36.3 Å². The van der Waals surface area contributed by atoms with Crippen LogP contribution in [0.25, 0.3) is 0 Å². The highest BCUT2D eigenvalue weighted by Crippen LogP contribution is 2.40. The molecule has 1 heterocycles. The van der Waals surface area contributed by atoms with E-state index in [9.17, 15) is 5.11 Å². The Kier molecular flexibility index (Phi) is 3.27. The minimum absolute atomic E-state index is 0.468. The molecule has 0 aromatic heterocycles. The summed E-state index contributed by atoms with van der Waals surface area (Å²) in [6, 6.07) is 7.02. The summed E-state index contributed by atoms with van der Waals surface area (Å²) >= 11 is 0. The molecule has 0 saturated carbocycles. The van der Waals surface area contributed by atoms with Gasteiger partial charge in [0.1, 0.15) is 5.75 Å². The fourth-order valence-corrected chi connectivity index (χ4v) is 3.38. The maximum atomic E-state index is 9.90. The van der Waals surface area contributed by atoms with Crippen LogP contribution in [0.15, 0.2) is 18.2 Å². The van der Waals surface area contributed by atoms with Gasteiger partial charge in [0.25, 0.3) is 0 Å². The average Bonchev–Trinajstić information content (AvgIpc) is 2.84. The molecule has 1 aromatic carbocycles. The van der Waals surface area contributed by atoms with Crippen molar-refractivity contribution in [1.82, 2.24) is 4.90 Å². The number of phenols is 1. The van der Waals surface area contributed by atoms with Crippen molar-refractivity contribution in [3.8, 4) is 5.75 Å². The lowest BCUT2D eigenvalue weighted by Crippen LogP contribution is -2.38. The van der Waals surface area contributed by atoms with Gasteiger partial charge in [-0.25, -0.2) is 0 Å². The van der Waals surface area contributed by atoms with Crippen LogP contribution in [-0.2, 0) is 11.2 Å². The second-order valence-electron chi connectivity index (χ2n) is 5.41. The largest absolute Gasteiger partial charge is 0.508 e. The maximum Gasteiger partial charge on any atom is 0.119 e. The van der Waals surface area contributed by atoms with Crippen LogP contribution in [0.1, 0.15) is 36.4 Å². The summed E-state index contributed by atoms with van der Waals surface area (Å²) in [5, 5.41) is 9.90. The van der Waals surface area contributed by atoms with Crippen molar-refractivity contribution in [2.45, 2.75) is 37.8 Å². The number of ether oxygens (including phenoxy) is 1. The van der Waals surface area contributed by atoms with E-state index in [-0.39, 0.29) is 0 Å². The standard InChI is InChI=1S/C15H21NO2/c1-16(11-7-9-18-10-8-11)14-6-5-13-12(14)3-2-4-15(13)17/h2-4,11,14,17H,5-10H2,1H3. The molecule has 1 atom stereocenters. The molecule has 2 aliphatic rings. The van der Waals surface area contributed by atoms with Gasteiger partial charge in [-0.3, -0.25) is 4.90 Å². The number of hydrogen-bond donors (Lipinski definition) is 1. The Balaban J connectivity index is 1.80. The predicted molar refractivity (Wildman–Crippen MR) is 70.8 cm³/mol. The average molecular weight is 247 g/mol. The highest BCUT2D eigenvalue weighted by atomic mass is 16.5. The van der Waals surface area contributed by atoms with Crippen LogP contribution in [0, 0.1) is 0 Å². The van der Waals surface area contributed by atoms with Crippen molar-refractivity contribution < 1.29 is 9.84 Å². The van der Waals surface area contributed by atoms with Crippen LogP contribution >= 0.6 is 0 Å². The summed E-state index contributed by atoms with van der Waals surface area (Å²) in [4.78, 5) is 2.49. The number of hydrogen-bond acceptors (Lipinski definition) is 3. The van der Waals surface area contributed by atoms with Crippen LogP contribution in [0.5, 0.6) is 5.75 Å². The summed E-state index contributed by atoms with van der Waals surface area (Å²) in [7, 11) is 2.22. The predicted octanol–water partition coefficient (Wildman–Crippen LogP) is 2.49. The third-order valence-corrected chi connectivity index (χ3v) is 4.47. The summed E-state index contributed by atoms with van der Waals surface area (Å²) in [5.41, 5.74) is 2.48. The third kappa shape index (κ3) is 2.02. The molecule has 18 heavy (non-hydrogen) atoms. The molecule has 1 fully saturated rings. The van der Waals surface area contributed by atoms with Gasteiger partial charge < -0.3 is 9.84 Å². The number of phenolic OH excluding ortho intramolecular Hbond substituents is 1. The SMILES string of the molecule is CN(C1CCOCC1)C1CCc2c(O)cccc21. The second kappa shape index (κ2) is 4.90. The molecule has 3 rings (SSSR count). The zero-order valence-corrected chi connectivity index (χ0v) is 10.9. The monoisotopic (exact) mass is 247 g/mol. The Bertz CT molecular complexity index is 427. The molecule has 1 aliphatic carbocycles. The van der Waals surface area contributed by atoms with Crippen molar-refractivity contribution in [1.29, 1.82) is 0 Å². The fraction of sp³-hybridized carbons (Fsp3) is 0.600. The molecule has 98 valence electrons. The zero-order valence-electron chi connectivity index (χ0n) is 10.9. The molecule has 3 nitrogen and oxygen atoms in total. The van der Waals surface area contributed by atoms with Crippen LogP contribution in [0.4, 0.5) is 0 Å². The number of fused-ring (bicyclic) bond motifs is 1. The van der Waals surface area contributed by atoms with E-state index in [0.717, 1.165) is 44.5 Å². The van der Waals surface area contributed by atoms with Gasteiger partial charge in [-0.1, -0.05) is 12.1 Å². The van der Waals surface area contributed by atoms with Gasteiger partial charge in [-0.05, 0) is 49.9 Å². The quantitative estimate of drug-likeness (QED) is 0.871. The van der Waals surface area contributed by atoms with E-state index >= 15 is 0 Å². The number of aromatic hydroxyl groups is 1. The first-order valence-electron chi connectivity index (χ1n) is 6.88. The van der Waals surface area contributed by atoms with Gasteiger partial charge in [0.15, 0.2) is 0 Å². The molecular formula is C15H21NO2. The van der Waals surface area contributed by atoms with Crippen LogP contribution < -0.4 is 0 Å². The lowest BCUT2D eigenvalue weighted by molar-refractivity contribution is 0.0283. The van der Waals surface area contributed by atoms with Crippen LogP contribution in [0.3, 0.4) is 0 Å². The number of rotatable bonds is 2. The van der Waals surface area contributed by atoms with E-state index in [1.165, 1.54) is 5.56 Å². The molecule has 0 bridgehead atoms. The van der Waals surface area contributed by atoms with Gasteiger partial charge in [-0.2, -0.15) is 0 Å². The van der Waals surface area contributed by atoms with Crippen molar-refractivity contribution in [2.75, 3.05) is 20.3 Å². The van der Waals surface area contributed by atoms with Crippen molar-refractivity contribution in [3.63, 3.8) is 0 Å². The van der Waals surface area contributed by atoms with Crippen molar-refractivity contribution in [3.05, 3.63) is 29.3 Å². The molecule has 1 aromatic rings. The lowest BCUT2D eigenvalue weighted by Gasteiger charge is -2.35. The lowest BCUT2D eigenvalue weighted by atomic mass is 10.0. The van der Waals surface area contributed by atoms with Gasteiger partial charge in [0.2, 0.25) is 0 Å². The summed E-state index contributed by atoms with van der Waals surface area (Å²) in [6.45, 7) is 1.77. The summed E-state index contributed by atoms with van der Waals surface area (Å²) < 4.78 is 5.43. The Hall–Kier alpha value is -1.06. The van der Waals surface area contributed by atoms with Gasteiger partial charge in [0, 0.05) is 25.3 Å². The molecule has 1 saturated heterocycles. The summed E-state index contributed by atoms with van der Waals surface area (Å²) in [5.74, 6) is 0.468. The highest BCUT2D eigenvalue weighted by Gasteiger charge is 2.31. The van der Waals surface area contributed by atoms with Gasteiger partial charge in [-0.15, -0.1) is 0 Å². The molecule has 1 aliphatic heterocycles. The Morgan fingerprint density at radius 2 is 2.00 bits per heavy atom. The molecule has 0 radical (unpaired) electrons. The molecular weight excluding hydrogens is 226 g/mol. The van der Waals surface area contributed by atoms with E-state index < -0.39 is 0 Å². The van der Waals surface area contributed by atoms with E-state index in [1.54, 1.807) is 6.07 Å². The Morgan fingerprint density at radius 1 is 1.22 bits per heavy atom. The van der Waals surface area contributed by atoms with Gasteiger partial charge in [0.05, 0.1) is 0 Å². The third-order valence-electron chi connectivity index (χ3n) is 4.47. The smallest absolute Gasteiger partial charge is 0.119 e. The molecule has 3 heteroatoms. The fourth-order valence-electron chi connectivity index (χ4n) is 3.38. The summed E-state index contributed by atoms with van der Waals surface area (Å²) in [6.07, 6.45) is 4.38. The topological polar surface area (TPSA) is 32.7 Å². The maximum absolute atomic E-state index is 9.90. The van der Waals surface area contributed by atoms with Gasteiger partial charge >= 0.3 is 0 Å². The minimum atomic E-state index is 0.468. The van der Waals surface area contributed by atoms with E-state index in [4.69, 9.17) is 4.74 Å². The Labute approximate surface area is 108 Å². The first-order valence-corrected chi connectivity index (χ1v) is 6.88. The molecule has 1 unspecified atom stereocenters. The Morgan fingerprint density at radius 3 is 2.78 bits per heavy atom.